The van der Waals surface area contributed by atoms with Crippen LogP contribution in [0.1, 0.15) is 6.92 Å². The van der Waals surface area contributed by atoms with E-state index in [0.717, 1.165) is 61.5 Å². The highest BCUT2D eigenvalue weighted by molar-refractivity contribution is 7.91. The third kappa shape index (κ3) is 10.1. The van der Waals surface area contributed by atoms with Gasteiger partial charge in [-0.2, -0.15) is 38.8 Å². The first-order valence-electron chi connectivity index (χ1n) is 15.4. The third-order valence-corrected chi connectivity index (χ3v) is 12.4. The van der Waals surface area contributed by atoms with Crippen molar-refractivity contribution >= 4 is 106 Å². The molecule has 0 spiro atoms. The van der Waals surface area contributed by atoms with Gasteiger partial charge in [0.1, 0.15) is 32.6 Å². The largest absolute Gasteiger partial charge is 0.506 e. The summed E-state index contributed by atoms with van der Waals surface area (Å²) in [5, 5.41) is 48.2. The van der Waals surface area contributed by atoms with E-state index in [-0.39, 0.29) is 16.5 Å². The molecule has 24 nitrogen and oxygen atoms in total. The lowest BCUT2D eigenvalue weighted by Crippen LogP contribution is -2.15. The van der Waals surface area contributed by atoms with Gasteiger partial charge >= 0.3 is 10.4 Å². The number of nitrogens with zero attached hydrogens (tertiary/aromatic N) is 4. The lowest BCUT2D eigenvalue weighted by molar-refractivity contribution is -0.114. The quantitative estimate of drug-likeness (QED) is 0.0605. The molecular weight excluding hydrogens is 895 g/mol. The van der Waals surface area contributed by atoms with E-state index in [0.29, 0.717) is 6.07 Å². The van der Waals surface area contributed by atoms with E-state index in [9.17, 15) is 75.9 Å². The van der Waals surface area contributed by atoms with Gasteiger partial charge in [-0.3, -0.25) is 23.0 Å². The Morgan fingerprint density at radius 3 is 1.81 bits per heavy atom. The molecule has 5 rings (SSSR count). The minimum Gasteiger partial charge on any atom is -0.506 e. The highest BCUT2D eigenvalue weighted by Crippen LogP contribution is 2.46. The van der Waals surface area contributed by atoms with Crippen LogP contribution in [0.2, 0.25) is 0 Å². The molecule has 5 aromatic carbocycles. The monoisotopic (exact) mass is 919 g/mol. The SMILES string of the molecule is CC(=O)Nc1cc(S(=O)(=O)O)cc2cc(S(=O)(=O)O)c(N=Nc3ccc4c(O)c(N=Nc5cc(S(=O)(=O)CCOS(=O)(=O)O)ccc5O)c(S(=O)(=O)O)cc4c3)c(O)c12. The summed E-state index contributed by atoms with van der Waals surface area (Å²) in [6.07, 6.45) is 0. The number of azo groups is 2. The zero-order valence-corrected chi connectivity index (χ0v) is 33.1. The number of hydrogen-bond acceptors (Lipinski definition) is 19. The second kappa shape index (κ2) is 15.8. The van der Waals surface area contributed by atoms with Crippen molar-refractivity contribution in [2.24, 2.45) is 20.5 Å². The number of aromatic hydroxyl groups is 3. The van der Waals surface area contributed by atoms with Gasteiger partial charge in [-0.1, -0.05) is 0 Å². The molecular formula is C30H25N5O19S5. The molecule has 0 aliphatic rings. The first-order chi connectivity index (χ1) is 27.1. The molecule has 8 N–H and O–H groups in total. The van der Waals surface area contributed by atoms with Crippen LogP contribution in [0.15, 0.2) is 101 Å². The van der Waals surface area contributed by atoms with Gasteiger partial charge in [0.15, 0.2) is 21.3 Å². The number of amides is 1. The fourth-order valence-corrected chi connectivity index (χ4v) is 8.60. The molecule has 29 heteroatoms. The molecule has 0 aliphatic heterocycles. The van der Waals surface area contributed by atoms with Gasteiger partial charge in [0.2, 0.25) is 5.91 Å². The van der Waals surface area contributed by atoms with Gasteiger partial charge in [0, 0.05) is 17.7 Å². The van der Waals surface area contributed by atoms with Crippen molar-refractivity contribution in [1.82, 2.24) is 0 Å². The van der Waals surface area contributed by atoms with Gasteiger partial charge in [0.05, 0.1) is 33.5 Å². The van der Waals surface area contributed by atoms with Crippen molar-refractivity contribution in [3.8, 4) is 17.2 Å². The standard InChI is InChI=1S/C30H25N5O19S5/c1-14(36)31-22-13-19(56(42,43)44)9-16-11-25(58(48,49)50)28(30(39)26(16)22)34-32-17-2-4-20-15(8-17)10-24(57(45,46)47)27(29(20)38)35-33-21-12-18(3-5-23(21)37)55(40,41)7-6-54-59(51,52)53/h2-5,8-13,37-39H,6-7H2,1H3,(H,31,36)(H,42,43,44)(H,45,46,47)(H,48,49,50)(H,51,52,53). The molecule has 0 aromatic heterocycles. The number of anilines is 1. The Labute approximate surface area is 332 Å². The second-order valence-corrected chi connectivity index (χ2v) is 19.2. The minimum absolute atomic E-state index is 0.202. The molecule has 0 radical (unpaired) electrons. The summed E-state index contributed by atoms with van der Waals surface area (Å²) in [5.41, 5.74) is -3.20. The molecule has 0 heterocycles. The number of carbonyl (C=O) groups excluding carboxylic acids is 1. The number of rotatable bonds is 13. The fraction of sp³-hybridized carbons (Fsp3) is 0.100. The molecule has 0 aliphatic carbocycles. The van der Waals surface area contributed by atoms with Crippen molar-refractivity contribution in [2.75, 3.05) is 17.7 Å². The Morgan fingerprint density at radius 2 is 1.24 bits per heavy atom. The van der Waals surface area contributed by atoms with E-state index in [1.807, 2.05) is 0 Å². The maximum absolute atomic E-state index is 12.6. The average molecular weight is 920 g/mol. The van der Waals surface area contributed by atoms with Gasteiger partial charge in [0.25, 0.3) is 30.4 Å². The topological polar surface area (TPSA) is 400 Å². The van der Waals surface area contributed by atoms with Crippen LogP contribution in [0.4, 0.5) is 28.4 Å². The van der Waals surface area contributed by atoms with Crippen LogP contribution in [0, 0.1) is 0 Å². The van der Waals surface area contributed by atoms with Gasteiger partial charge in [-0.25, -0.2) is 12.6 Å². The Hall–Kier alpha value is -5.76. The number of sulfone groups is 1. The van der Waals surface area contributed by atoms with Crippen molar-refractivity contribution in [2.45, 2.75) is 26.5 Å². The van der Waals surface area contributed by atoms with E-state index < -0.39 is 139 Å². The van der Waals surface area contributed by atoms with Crippen LogP contribution in [-0.2, 0) is 59.6 Å². The predicted molar refractivity (Wildman–Crippen MR) is 201 cm³/mol. The smallest absolute Gasteiger partial charge is 0.397 e. The van der Waals surface area contributed by atoms with E-state index in [4.69, 9.17) is 4.55 Å². The van der Waals surface area contributed by atoms with Crippen molar-refractivity contribution in [3.05, 3.63) is 60.7 Å². The number of nitrogens with one attached hydrogen (secondary N) is 1. The summed E-state index contributed by atoms with van der Waals surface area (Å²) in [7, 11) is -24.8. The highest BCUT2D eigenvalue weighted by atomic mass is 32.3. The third-order valence-electron chi connectivity index (χ3n) is 7.74. The van der Waals surface area contributed by atoms with E-state index in [1.54, 1.807) is 0 Å². The molecule has 1 amide bonds. The van der Waals surface area contributed by atoms with E-state index in [2.05, 4.69) is 30.0 Å². The van der Waals surface area contributed by atoms with Gasteiger partial charge in [-0.05, 0) is 71.4 Å². The molecule has 0 fully saturated rings. The molecule has 314 valence electrons. The number of phenols is 3. The van der Waals surface area contributed by atoms with Crippen molar-refractivity contribution < 1.29 is 84.6 Å². The summed E-state index contributed by atoms with van der Waals surface area (Å²) in [5.74, 6) is -4.50. The maximum Gasteiger partial charge on any atom is 0.397 e. The molecule has 59 heavy (non-hydrogen) atoms. The first kappa shape index (κ1) is 44.3. The van der Waals surface area contributed by atoms with Crippen LogP contribution in [-0.4, -0.2) is 93.9 Å². The predicted octanol–water partition coefficient (Wildman–Crippen LogP) is 4.23. The van der Waals surface area contributed by atoms with Gasteiger partial charge < -0.3 is 20.6 Å². The number of carbonyl (C=O) groups is 1. The summed E-state index contributed by atoms with van der Waals surface area (Å²) < 4.78 is 162. The summed E-state index contributed by atoms with van der Waals surface area (Å²) >= 11 is 0. The second-order valence-electron chi connectivity index (χ2n) is 11.8. The minimum atomic E-state index is -5.29. The Bertz CT molecular complexity index is 3250. The molecule has 0 bridgehead atoms. The molecule has 0 unspecified atom stereocenters. The average Bonchev–Trinajstić information content (AvgIpc) is 3.08. The molecule has 0 saturated carbocycles. The Kier molecular flexibility index (Phi) is 11.9. The number of fused-ring (bicyclic) bond motifs is 2. The fourth-order valence-electron chi connectivity index (χ4n) is 5.24. The van der Waals surface area contributed by atoms with Gasteiger partial charge in [-0.15, -0.1) is 15.3 Å². The van der Waals surface area contributed by atoms with E-state index in [1.165, 1.54) is 0 Å². The first-order valence-corrected chi connectivity index (χ1v) is 22.7. The Balaban J connectivity index is 1.61. The van der Waals surface area contributed by atoms with Crippen LogP contribution < -0.4 is 5.32 Å². The number of phenolic OH excluding ortho intramolecular Hbond substituents is 3. The molecule has 0 saturated heterocycles. The summed E-state index contributed by atoms with van der Waals surface area (Å²) in [4.78, 5) is 8.26. The van der Waals surface area contributed by atoms with Crippen LogP contribution in [0.25, 0.3) is 21.5 Å². The van der Waals surface area contributed by atoms with Crippen LogP contribution in [0.3, 0.4) is 0 Å². The Morgan fingerprint density at radius 1 is 0.644 bits per heavy atom. The normalized spacial score (nSPS) is 13.2. The highest BCUT2D eigenvalue weighted by Gasteiger charge is 2.27. The lowest BCUT2D eigenvalue weighted by Gasteiger charge is -2.14. The van der Waals surface area contributed by atoms with Crippen molar-refractivity contribution in [1.29, 1.82) is 0 Å². The van der Waals surface area contributed by atoms with Crippen molar-refractivity contribution in [3.63, 3.8) is 0 Å². The summed E-state index contributed by atoms with van der Waals surface area (Å²) in [6.45, 7) is 0.0114. The maximum atomic E-state index is 12.6. The van der Waals surface area contributed by atoms with Crippen LogP contribution in [0.5, 0.6) is 17.2 Å². The molecule has 0 atom stereocenters. The number of hydrogen-bond donors (Lipinski definition) is 8. The number of benzene rings is 5. The summed E-state index contributed by atoms with van der Waals surface area (Å²) in [6, 6.07) is 8.59. The zero-order valence-electron chi connectivity index (χ0n) is 29.0. The molecule has 5 aromatic rings. The lowest BCUT2D eigenvalue weighted by atomic mass is 10.1. The van der Waals surface area contributed by atoms with Crippen LogP contribution >= 0.6 is 0 Å². The van der Waals surface area contributed by atoms with E-state index >= 15 is 0 Å². The zero-order chi connectivity index (χ0) is 44.0.